The standard InChI is InChI=1S/C20H31N7/c1-5-26(6-2)19-8-7-16(11-22-19)12-23-20(21-3)27-10-9-17(15-27)18-13-24-25(4)14-18/h7-8,11,13-14,17H,5-6,9-10,12,15H2,1-4H3,(H,21,23). The molecule has 0 aliphatic carbocycles. The molecule has 7 heteroatoms. The van der Waals surface area contributed by atoms with Crippen molar-refractivity contribution in [1.82, 2.24) is 25.0 Å². The number of guanidine groups is 1. The van der Waals surface area contributed by atoms with Crippen molar-refractivity contribution in [2.45, 2.75) is 32.7 Å². The van der Waals surface area contributed by atoms with Gasteiger partial charge in [-0.1, -0.05) is 6.07 Å². The first-order valence-corrected chi connectivity index (χ1v) is 9.78. The van der Waals surface area contributed by atoms with Crippen LogP contribution in [0.2, 0.25) is 0 Å². The molecule has 1 aliphatic rings. The smallest absolute Gasteiger partial charge is 0.193 e. The van der Waals surface area contributed by atoms with Crippen molar-refractivity contribution >= 4 is 11.8 Å². The van der Waals surface area contributed by atoms with Gasteiger partial charge in [0, 0.05) is 65.1 Å². The molecule has 0 saturated carbocycles. The van der Waals surface area contributed by atoms with Gasteiger partial charge in [-0.05, 0) is 37.5 Å². The number of hydrogen-bond donors (Lipinski definition) is 1. The number of aryl methyl sites for hydroxylation is 1. The number of nitrogens with zero attached hydrogens (tertiary/aromatic N) is 6. The molecule has 1 atom stereocenters. The van der Waals surface area contributed by atoms with E-state index < -0.39 is 0 Å². The second kappa shape index (κ2) is 8.88. The SMILES string of the molecule is CCN(CC)c1ccc(CNC(=NC)N2CCC(c3cnn(C)c3)C2)cn1. The highest BCUT2D eigenvalue weighted by atomic mass is 15.3. The molecule has 1 saturated heterocycles. The highest BCUT2D eigenvalue weighted by Crippen LogP contribution is 2.26. The summed E-state index contributed by atoms with van der Waals surface area (Å²) in [4.78, 5) is 13.6. The van der Waals surface area contributed by atoms with Crippen molar-refractivity contribution < 1.29 is 0 Å². The van der Waals surface area contributed by atoms with Crippen LogP contribution in [0.15, 0.2) is 35.7 Å². The average molecular weight is 370 g/mol. The van der Waals surface area contributed by atoms with Gasteiger partial charge in [0.15, 0.2) is 5.96 Å². The Morgan fingerprint density at radius 3 is 2.70 bits per heavy atom. The molecule has 2 aromatic rings. The molecular weight excluding hydrogens is 338 g/mol. The number of nitrogens with one attached hydrogen (secondary N) is 1. The Labute approximate surface area is 162 Å². The van der Waals surface area contributed by atoms with Crippen molar-refractivity contribution in [3.8, 4) is 0 Å². The van der Waals surface area contributed by atoms with Gasteiger partial charge in [-0.3, -0.25) is 9.67 Å². The largest absolute Gasteiger partial charge is 0.357 e. The van der Waals surface area contributed by atoms with Crippen LogP contribution in [-0.4, -0.2) is 58.9 Å². The first-order valence-electron chi connectivity index (χ1n) is 9.78. The van der Waals surface area contributed by atoms with Crippen LogP contribution in [0.5, 0.6) is 0 Å². The van der Waals surface area contributed by atoms with Crippen LogP contribution < -0.4 is 10.2 Å². The minimum absolute atomic E-state index is 0.521. The molecule has 7 nitrogen and oxygen atoms in total. The molecule has 27 heavy (non-hydrogen) atoms. The average Bonchev–Trinajstić information content (AvgIpc) is 3.34. The summed E-state index contributed by atoms with van der Waals surface area (Å²) in [5.41, 5.74) is 2.47. The zero-order chi connectivity index (χ0) is 19.2. The highest BCUT2D eigenvalue weighted by molar-refractivity contribution is 5.80. The minimum atomic E-state index is 0.521. The van der Waals surface area contributed by atoms with Crippen LogP contribution in [-0.2, 0) is 13.6 Å². The lowest BCUT2D eigenvalue weighted by atomic mass is 10.0. The molecular formula is C20H31N7. The maximum absolute atomic E-state index is 4.60. The zero-order valence-corrected chi connectivity index (χ0v) is 16.9. The fourth-order valence-electron chi connectivity index (χ4n) is 3.64. The molecule has 3 rings (SSSR count). The van der Waals surface area contributed by atoms with E-state index in [0.29, 0.717) is 5.92 Å². The molecule has 1 aliphatic heterocycles. The van der Waals surface area contributed by atoms with Crippen molar-refractivity contribution in [2.75, 3.05) is 38.1 Å². The topological polar surface area (TPSA) is 61.6 Å². The Morgan fingerprint density at radius 2 is 2.11 bits per heavy atom. The third kappa shape index (κ3) is 4.59. The van der Waals surface area contributed by atoms with E-state index in [1.807, 2.05) is 31.2 Å². The lowest BCUT2D eigenvalue weighted by Crippen LogP contribution is -2.39. The number of aliphatic imine (C=N–C) groups is 1. The normalized spacial score (nSPS) is 17.4. The fraction of sp³-hybridized carbons (Fsp3) is 0.550. The predicted octanol–water partition coefficient (Wildman–Crippen LogP) is 2.23. The number of anilines is 1. The maximum Gasteiger partial charge on any atom is 0.193 e. The second-order valence-electron chi connectivity index (χ2n) is 6.98. The number of rotatable bonds is 6. The predicted molar refractivity (Wildman–Crippen MR) is 110 cm³/mol. The first-order chi connectivity index (χ1) is 13.1. The van der Waals surface area contributed by atoms with Gasteiger partial charge in [0.25, 0.3) is 0 Å². The van der Waals surface area contributed by atoms with Crippen molar-refractivity contribution in [2.24, 2.45) is 12.0 Å². The third-order valence-corrected chi connectivity index (χ3v) is 5.24. The van der Waals surface area contributed by atoms with Gasteiger partial charge in [0.2, 0.25) is 0 Å². The second-order valence-corrected chi connectivity index (χ2v) is 6.98. The summed E-state index contributed by atoms with van der Waals surface area (Å²) < 4.78 is 1.87. The number of hydrogen-bond acceptors (Lipinski definition) is 4. The quantitative estimate of drug-likeness (QED) is 0.625. The van der Waals surface area contributed by atoms with Gasteiger partial charge in [-0.15, -0.1) is 0 Å². The summed E-state index contributed by atoms with van der Waals surface area (Å²) >= 11 is 0. The van der Waals surface area contributed by atoms with Gasteiger partial charge >= 0.3 is 0 Å². The van der Waals surface area contributed by atoms with Crippen molar-refractivity contribution in [1.29, 1.82) is 0 Å². The van der Waals surface area contributed by atoms with Crippen LogP contribution in [0.1, 0.15) is 37.3 Å². The lowest BCUT2D eigenvalue weighted by molar-refractivity contribution is 0.485. The van der Waals surface area contributed by atoms with E-state index in [0.717, 1.165) is 56.5 Å². The van der Waals surface area contributed by atoms with Crippen molar-refractivity contribution in [3.63, 3.8) is 0 Å². The number of likely N-dealkylation sites (tertiary alicyclic amines) is 1. The first kappa shape index (κ1) is 19.2. The summed E-state index contributed by atoms with van der Waals surface area (Å²) in [5.74, 6) is 2.51. The molecule has 0 spiro atoms. The molecule has 0 aromatic carbocycles. The summed E-state index contributed by atoms with van der Waals surface area (Å²) in [6.07, 6.45) is 7.18. The molecule has 146 valence electrons. The Bertz CT molecular complexity index is 746. The maximum atomic E-state index is 4.60. The van der Waals surface area contributed by atoms with E-state index in [2.05, 4.69) is 62.4 Å². The zero-order valence-electron chi connectivity index (χ0n) is 16.9. The van der Waals surface area contributed by atoms with Gasteiger partial charge in [-0.2, -0.15) is 5.10 Å². The van der Waals surface area contributed by atoms with Crippen LogP contribution in [0, 0.1) is 0 Å². The molecule has 0 bridgehead atoms. The number of aromatic nitrogens is 3. The van der Waals surface area contributed by atoms with E-state index in [-0.39, 0.29) is 0 Å². The van der Waals surface area contributed by atoms with E-state index in [4.69, 9.17) is 0 Å². The highest BCUT2D eigenvalue weighted by Gasteiger charge is 2.26. The van der Waals surface area contributed by atoms with Gasteiger partial charge in [-0.25, -0.2) is 4.98 Å². The molecule has 0 amide bonds. The van der Waals surface area contributed by atoms with E-state index in [1.54, 1.807) is 0 Å². The Hall–Kier alpha value is -2.57. The van der Waals surface area contributed by atoms with Gasteiger partial charge < -0.3 is 15.1 Å². The Balaban J connectivity index is 1.55. The molecule has 3 heterocycles. The fourth-order valence-corrected chi connectivity index (χ4v) is 3.64. The summed E-state index contributed by atoms with van der Waals surface area (Å²) in [6, 6.07) is 4.24. The molecule has 1 N–H and O–H groups in total. The van der Waals surface area contributed by atoms with Crippen LogP contribution >= 0.6 is 0 Å². The summed E-state index contributed by atoms with van der Waals surface area (Å²) in [5, 5.41) is 7.78. The monoisotopic (exact) mass is 369 g/mol. The van der Waals surface area contributed by atoms with E-state index in [1.165, 1.54) is 5.56 Å². The van der Waals surface area contributed by atoms with Gasteiger partial charge in [0.05, 0.1) is 6.20 Å². The summed E-state index contributed by atoms with van der Waals surface area (Å²) in [7, 11) is 3.82. The third-order valence-electron chi connectivity index (χ3n) is 5.24. The Morgan fingerprint density at radius 1 is 1.30 bits per heavy atom. The van der Waals surface area contributed by atoms with Gasteiger partial charge in [0.1, 0.15) is 5.82 Å². The van der Waals surface area contributed by atoms with Crippen molar-refractivity contribution in [3.05, 3.63) is 41.9 Å². The van der Waals surface area contributed by atoms with E-state index >= 15 is 0 Å². The lowest BCUT2D eigenvalue weighted by Gasteiger charge is -2.22. The summed E-state index contributed by atoms with van der Waals surface area (Å²) in [6.45, 7) is 8.97. The van der Waals surface area contributed by atoms with Crippen LogP contribution in [0.3, 0.4) is 0 Å². The molecule has 1 unspecified atom stereocenters. The molecule has 0 radical (unpaired) electrons. The molecule has 1 fully saturated rings. The number of pyridine rings is 1. The van der Waals surface area contributed by atoms with E-state index in [9.17, 15) is 0 Å². The Kier molecular flexibility index (Phi) is 6.32. The van der Waals surface area contributed by atoms with Crippen LogP contribution in [0.4, 0.5) is 5.82 Å². The molecule has 2 aromatic heterocycles. The minimum Gasteiger partial charge on any atom is -0.357 e. The van der Waals surface area contributed by atoms with Crippen LogP contribution in [0.25, 0.3) is 0 Å².